The SMILES string of the molecule is O=C1CC2(C=C1I)CCN(C(=O)OCc1ccccc1)C1CC12. The van der Waals surface area contributed by atoms with Crippen LogP contribution in [0.4, 0.5) is 4.79 Å². The van der Waals surface area contributed by atoms with E-state index in [-0.39, 0.29) is 23.3 Å². The summed E-state index contributed by atoms with van der Waals surface area (Å²) >= 11 is 2.14. The van der Waals surface area contributed by atoms with E-state index in [9.17, 15) is 9.59 Å². The number of carbonyl (C=O) groups excluding carboxylic acids is 2. The van der Waals surface area contributed by atoms with Crippen molar-refractivity contribution in [2.24, 2.45) is 11.3 Å². The normalized spacial score (nSPS) is 31.8. The van der Waals surface area contributed by atoms with Gasteiger partial charge < -0.3 is 9.64 Å². The molecule has 1 aliphatic heterocycles. The molecule has 1 saturated carbocycles. The monoisotopic (exact) mass is 423 g/mol. The van der Waals surface area contributed by atoms with Gasteiger partial charge in [-0.3, -0.25) is 4.79 Å². The van der Waals surface area contributed by atoms with Crippen molar-refractivity contribution in [2.75, 3.05) is 6.54 Å². The third-order valence-corrected chi connectivity index (χ3v) is 6.24. The molecule has 0 bridgehead atoms. The fraction of sp³-hybridized carbons (Fsp3) is 0.444. The molecule has 23 heavy (non-hydrogen) atoms. The number of piperidine rings is 1. The number of nitrogens with zero attached hydrogens (tertiary/aromatic N) is 1. The molecule has 120 valence electrons. The van der Waals surface area contributed by atoms with E-state index in [1.54, 1.807) is 0 Å². The first kappa shape index (κ1) is 15.2. The van der Waals surface area contributed by atoms with Crippen molar-refractivity contribution in [3.63, 3.8) is 0 Å². The second-order valence-corrected chi connectivity index (χ2v) is 7.88. The zero-order valence-corrected chi connectivity index (χ0v) is 14.9. The number of fused-ring (bicyclic) bond motifs is 2. The Morgan fingerprint density at radius 3 is 2.83 bits per heavy atom. The summed E-state index contributed by atoms with van der Waals surface area (Å²) in [5.74, 6) is 0.688. The molecule has 3 aliphatic rings. The number of ether oxygens (including phenoxy) is 1. The molecule has 4 nitrogen and oxygen atoms in total. The van der Waals surface area contributed by atoms with E-state index in [0.717, 1.165) is 22.0 Å². The van der Waals surface area contributed by atoms with Gasteiger partial charge in [0.1, 0.15) is 6.61 Å². The maximum Gasteiger partial charge on any atom is 0.410 e. The largest absolute Gasteiger partial charge is 0.445 e. The predicted octanol–water partition coefficient (Wildman–Crippen LogP) is 3.70. The van der Waals surface area contributed by atoms with E-state index < -0.39 is 0 Å². The first-order chi connectivity index (χ1) is 11.1. The number of rotatable bonds is 2. The van der Waals surface area contributed by atoms with Crippen molar-refractivity contribution in [3.8, 4) is 0 Å². The van der Waals surface area contributed by atoms with Gasteiger partial charge in [0, 0.05) is 24.4 Å². The Hall–Kier alpha value is -1.37. The molecule has 1 saturated heterocycles. The van der Waals surface area contributed by atoms with Gasteiger partial charge in [0.2, 0.25) is 0 Å². The molecule has 2 aliphatic carbocycles. The van der Waals surface area contributed by atoms with Crippen molar-refractivity contribution in [1.82, 2.24) is 4.90 Å². The summed E-state index contributed by atoms with van der Waals surface area (Å²) in [6.07, 6.45) is 4.42. The lowest BCUT2D eigenvalue weighted by Gasteiger charge is -2.36. The quantitative estimate of drug-likeness (QED) is 0.682. The van der Waals surface area contributed by atoms with Crippen LogP contribution < -0.4 is 0 Å². The molecule has 1 aromatic rings. The maximum absolute atomic E-state index is 12.4. The highest BCUT2D eigenvalue weighted by molar-refractivity contribution is 14.1. The van der Waals surface area contributed by atoms with E-state index in [0.29, 0.717) is 25.5 Å². The minimum atomic E-state index is -0.223. The summed E-state index contributed by atoms with van der Waals surface area (Å²) in [5.41, 5.74) is 1.01. The van der Waals surface area contributed by atoms with Crippen LogP contribution in [0.3, 0.4) is 0 Å². The maximum atomic E-state index is 12.4. The summed E-state index contributed by atoms with van der Waals surface area (Å²) < 4.78 is 6.33. The molecule has 2 fully saturated rings. The first-order valence-electron chi connectivity index (χ1n) is 7.98. The van der Waals surface area contributed by atoms with Crippen LogP contribution in [0.2, 0.25) is 0 Å². The van der Waals surface area contributed by atoms with E-state index in [1.165, 1.54) is 0 Å². The number of Topliss-reactive ketones (excluding diaryl/α,β-unsaturated/α-hetero) is 1. The third-order valence-electron chi connectivity index (χ3n) is 5.32. The van der Waals surface area contributed by atoms with Gasteiger partial charge in [0.25, 0.3) is 0 Å². The molecule has 3 atom stereocenters. The summed E-state index contributed by atoms with van der Waals surface area (Å²) in [7, 11) is 0. The fourth-order valence-electron chi connectivity index (χ4n) is 4.02. The molecule has 0 N–H and O–H groups in total. The number of hydrogen-bond acceptors (Lipinski definition) is 3. The van der Waals surface area contributed by atoms with Gasteiger partial charge in [-0.15, -0.1) is 0 Å². The number of hydrogen-bond donors (Lipinski definition) is 0. The minimum absolute atomic E-state index is 0.00842. The van der Waals surface area contributed by atoms with E-state index >= 15 is 0 Å². The Morgan fingerprint density at radius 2 is 2.13 bits per heavy atom. The Morgan fingerprint density at radius 1 is 1.35 bits per heavy atom. The third kappa shape index (κ3) is 2.69. The van der Waals surface area contributed by atoms with E-state index in [2.05, 4.69) is 28.7 Å². The van der Waals surface area contributed by atoms with Crippen molar-refractivity contribution in [1.29, 1.82) is 0 Å². The number of halogens is 1. The molecule has 5 heteroatoms. The summed E-state index contributed by atoms with van der Waals surface area (Å²) in [4.78, 5) is 26.1. The number of ketones is 1. The van der Waals surface area contributed by atoms with Gasteiger partial charge in [-0.25, -0.2) is 4.79 Å². The van der Waals surface area contributed by atoms with Crippen molar-refractivity contribution < 1.29 is 14.3 Å². The van der Waals surface area contributed by atoms with Crippen LogP contribution in [0.1, 0.15) is 24.8 Å². The van der Waals surface area contributed by atoms with E-state index in [1.807, 2.05) is 35.2 Å². The number of benzene rings is 1. The molecule has 0 aromatic heterocycles. The van der Waals surface area contributed by atoms with Crippen LogP contribution in [0.15, 0.2) is 40.0 Å². The second-order valence-electron chi connectivity index (χ2n) is 6.72. The molecule has 1 heterocycles. The van der Waals surface area contributed by atoms with Gasteiger partial charge in [-0.2, -0.15) is 0 Å². The lowest BCUT2D eigenvalue weighted by Crippen LogP contribution is -2.43. The molecule has 3 unspecified atom stereocenters. The van der Waals surface area contributed by atoms with Crippen LogP contribution in [0, 0.1) is 11.3 Å². The van der Waals surface area contributed by atoms with Gasteiger partial charge in [0.15, 0.2) is 5.78 Å². The van der Waals surface area contributed by atoms with Crippen LogP contribution in [-0.2, 0) is 16.1 Å². The van der Waals surface area contributed by atoms with Gasteiger partial charge in [0.05, 0.1) is 3.58 Å². The van der Waals surface area contributed by atoms with Gasteiger partial charge in [-0.1, -0.05) is 36.4 Å². The zero-order chi connectivity index (χ0) is 16.0. The number of carbonyl (C=O) groups is 2. The number of likely N-dealkylation sites (tertiary alicyclic amines) is 1. The lowest BCUT2D eigenvalue weighted by atomic mass is 9.76. The Balaban J connectivity index is 1.38. The summed E-state index contributed by atoms with van der Waals surface area (Å²) in [6.45, 7) is 0.997. The topological polar surface area (TPSA) is 46.6 Å². The Bertz CT molecular complexity index is 687. The van der Waals surface area contributed by atoms with Crippen LogP contribution in [-0.4, -0.2) is 29.4 Å². The molecule has 4 rings (SSSR count). The minimum Gasteiger partial charge on any atom is -0.445 e. The van der Waals surface area contributed by atoms with Crippen LogP contribution >= 0.6 is 22.6 Å². The van der Waals surface area contributed by atoms with Gasteiger partial charge in [-0.05, 0) is 46.9 Å². The van der Waals surface area contributed by atoms with Crippen molar-refractivity contribution in [3.05, 3.63) is 45.6 Å². The zero-order valence-electron chi connectivity index (χ0n) is 12.7. The van der Waals surface area contributed by atoms with E-state index in [4.69, 9.17) is 4.74 Å². The highest BCUT2D eigenvalue weighted by Gasteiger charge is 2.60. The van der Waals surface area contributed by atoms with Crippen LogP contribution in [0.25, 0.3) is 0 Å². The fourth-order valence-corrected chi connectivity index (χ4v) is 4.83. The summed E-state index contributed by atoms with van der Waals surface area (Å²) in [5, 5.41) is 0. The lowest BCUT2D eigenvalue weighted by molar-refractivity contribution is -0.115. The van der Waals surface area contributed by atoms with Gasteiger partial charge >= 0.3 is 6.09 Å². The predicted molar refractivity (Wildman–Crippen MR) is 94.0 cm³/mol. The highest BCUT2D eigenvalue weighted by atomic mass is 127. The molecule has 1 spiro atoms. The molecular weight excluding hydrogens is 405 g/mol. The average Bonchev–Trinajstić information content (AvgIpc) is 3.30. The van der Waals surface area contributed by atoms with Crippen molar-refractivity contribution in [2.45, 2.75) is 31.9 Å². The summed E-state index contributed by atoms with van der Waals surface area (Å²) in [6, 6.07) is 9.98. The number of allylic oxidation sites excluding steroid dienone is 2. The molecule has 0 radical (unpaired) electrons. The van der Waals surface area contributed by atoms with Crippen molar-refractivity contribution >= 4 is 34.5 Å². The smallest absolute Gasteiger partial charge is 0.410 e. The highest BCUT2D eigenvalue weighted by Crippen LogP contribution is 2.59. The number of amides is 1. The Kier molecular flexibility index (Phi) is 3.70. The Labute approximate surface area is 149 Å². The molecular formula is C18H18INO3. The van der Waals surface area contributed by atoms with Crippen LogP contribution in [0.5, 0.6) is 0 Å². The standard InChI is InChI=1S/C18H18INO3/c19-14-9-18(10-16(14)21)6-7-20(15-8-13(15)18)17(22)23-11-12-4-2-1-3-5-12/h1-5,9,13,15H,6-8,10-11H2. The molecule has 1 aromatic carbocycles. The second kappa shape index (κ2) is 5.61. The average molecular weight is 423 g/mol. The molecule has 1 amide bonds. The first-order valence-corrected chi connectivity index (χ1v) is 9.06.